The van der Waals surface area contributed by atoms with Gasteiger partial charge in [-0.15, -0.1) is 0 Å². The molecule has 3 nitrogen and oxygen atoms in total. The van der Waals surface area contributed by atoms with Gasteiger partial charge in [0.25, 0.3) is 0 Å². The third-order valence-corrected chi connectivity index (χ3v) is 3.61. The molecule has 18 heavy (non-hydrogen) atoms. The first-order valence-corrected chi connectivity index (χ1v) is 7.16. The van der Waals surface area contributed by atoms with E-state index in [1.165, 1.54) is 0 Å². The van der Waals surface area contributed by atoms with Gasteiger partial charge < -0.3 is 4.74 Å². The van der Waals surface area contributed by atoms with E-state index in [1.54, 1.807) is 13.0 Å². The summed E-state index contributed by atoms with van der Waals surface area (Å²) in [4.78, 5) is 12.0. The SMILES string of the molecule is CCOC(=O)C(NC1CC1)c1cc(Br)ccc1Cl. The molecule has 1 aromatic rings. The summed E-state index contributed by atoms with van der Waals surface area (Å²) >= 11 is 9.57. The Balaban J connectivity index is 2.25. The van der Waals surface area contributed by atoms with Gasteiger partial charge in [0.05, 0.1) is 6.61 Å². The molecule has 0 bridgehead atoms. The molecule has 0 aromatic heterocycles. The van der Waals surface area contributed by atoms with Gasteiger partial charge in [-0.3, -0.25) is 5.32 Å². The molecule has 1 aromatic carbocycles. The molecule has 1 N–H and O–H groups in total. The number of ether oxygens (including phenoxy) is 1. The van der Waals surface area contributed by atoms with Crippen molar-refractivity contribution in [3.63, 3.8) is 0 Å². The Kier molecular flexibility index (Phi) is 4.65. The standard InChI is InChI=1S/C13H15BrClNO2/c1-2-18-13(17)12(16-9-4-5-9)10-7-8(14)3-6-11(10)15/h3,6-7,9,12,16H,2,4-5H2,1H3. The quantitative estimate of drug-likeness (QED) is 0.839. The average molecular weight is 333 g/mol. The van der Waals surface area contributed by atoms with Crippen LogP contribution < -0.4 is 5.32 Å². The Hall–Kier alpha value is -0.580. The Labute approximate surface area is 120 Å². The topological polar surface area (TPSA) is 38.3 Å². The third kappa shape index (κ3) is 3.46. The summed E-state index contributed by atoms with van der Waals surface area (Å²) in [5.41, 5.74) is 0.761. The lowest BCUT2D eigenvalue weighted by Gasteiger charge is -2.18. The number of carbonyl (C=O) groups excluding carboxylic acids is 1. The molecular weight excluding hydrogens is 318 g/mol. The summed E-state index contributed by atoms with van der Waals surface area (Å²) < 4.78 is 6.00. The summed E-state index contributed by atoms with van der Waals surface area (Å²) in [6, 6.07) is 5.41. The van der Waals surface area contributed by atoms with Gasteiger partial charge in [-0.1, -0.05) is 27.5 Å². The van der Waals surface area contributed by atoms with Crippen LogP contribution in [0.4, 0.5) is 0 Å². The van der Waals surface area contributed by atoms with Crippen molar-refractivity contribution in [3.8, 4) is 0 Å². The van der Waals surface area contributed by atoms with Crippen LogP contribution >= 0.6 is 27.5 Å². The number of nitrogens with one attached hydrogen (secondary N) is 1. The number of benzene rings is 1. The van der Waals surface area contributed by atoms with Crippen molar-refractivity contribution in [1.82, 2.24) is 5.32 Å². The Bertz CT molecular complexity index is 449. The lowest BCUT2D eigenvalue weighted by molar-refractivity contribution is -0.145. The molecule has 0 saturated heterocycles. The monoisotopic (exact) mass is 331 g/mol. The third-order valence-electron chi connectivity index (χ3n) is 2.77. The van der Waals surface area contributed by atoms with Crippen LogP contribution in [-0.2, 0) is 9.53 Å². The first-order valence-electron chi connectivity index (χ1n) is 5.99. The fourth-order valence-electron chi connectivity index (χ4n) is 1.73. The van der Waals surface area contributed by atoms with Crippen LogP contribution in [0.5, 0.6) is 0 Å². The molecule has 1 aliphatic carbocycles. The van der Waals surface area contributed by atoms with E-state index in [4.69, 9.17) is 16.3 Å². The molecule has 1 unspecified atom stereocenters. The molecule has 0 amide bonds. The van der Waals surface area contributed by atoms with Crippen molar-refractivity contribution in [2.24, 2.45) is 0 Å². The smallest absolute Gasteiger partial charge is 0.327 e. The van der Waals surface area contributed by atoms with Gasteiger partial charge in [0.15, 0.2) is 0 Å². The van der Waals surface area contributed by atoms with Crippen LogP contribution in [0.1, 0.15) is 31.4 Å². The van der Waals surface area contributed by atoms with Crippen LogP contribution in [-0.4, -0.2) is 18.6 Å². The van der Waals surface area contributed by atoms with Crippen molar-refractivity contribution in [1.29, 1.82) is 0 Å². The van der Waals surface area contributed by atoms with Crippen LogP contribution in [0.15, 0.2) is 22.7 Å². The van der Waals surface area contributed by atoms with Crippen molar-refractivity contribution < 1.29 is 9.53 Å². The van der Waals surface area contributed by atoms with Crippen molar-refractivity contribution in [2.75, 3.05) is 6.61 Å². The van der Waals surface area contributed by atoms with Gasteiger partial charge in [-0.05, 0) is 43.5 Å². The minimum Gasteiger partial charge on any atom is -0.465 e. The zero-order valence-electron chi connectivity index (χ0n) is 10.1. The molecule has 1 saturated carbocycles. The summed E-state index contributed by atoms with van der Waals surface area (Å²) in [6.07, 6.45) is 2.20. The summed E-state index contributed by atoms with van der Waals surface area (Å²) in [6.45, 7) is 2.17. The number of hydrogen-bond donors (Lipinski definition) is 1. The van der Waals surface area contributed by atoms with Crippen molar-refractivity contribution in [2.45, 2.75) is 31.8 Å². The largest absolute Gasteiger partial charge is 0.465 e. The van der Waals surface area contributed by atoms with Gasteiger partial charge in [0.1, 0.15) is 6.04 Å². The highest BCUT2D eigenvalue weighted by Gasteiger charge is 2.31. The average Bonchev–Trinajstić information content (AvgIpc) is 3.14. The van der Waals surface area contributed by atoms with Crippen LogP contribution in [0.25, 0.3) is 0 Å². The number of hydrogen-bond acceptors (Lipinski definition) is 3. The highest BCUT2D eigenvalue weighted by molar-refractivity contribution is 9.10. The molecule has 0 heterocycles. The van der Waals surface area contributed by atoms with Gasteiger partial charge in [0.2, 0.25) is 0 Å². The number of halogens is 2. The minimum atomic E-state index is -0.484. The maximum atomic E-state index is 12.0. The normalized spacial score (nSPS) is 16.4. The van der Waals surface area contributed by atoms with E-state index in [9.17, 15) is 4.79 Å². The van der Waals surface area contributed by atoms with E-state index in [0.29, 0.717) is 17.7 Å². The Morgan fingerprint density at radius 2 is 2.33 bits per heavy atom. The van der Waals surface area contributed by atoms with Gasteiger partial charge in [-0.2, -0.15) is 0 Å². The molecule has 0 spiro atoms. The van der Waals surface area contributed by atoms with E-state index < -0.39 is 6.04 Å². The number of esters is 1. The predicted molar refractivity (Wildman–Crippen MR) is 74.7 cm³/mol. The molecule has 1 aliphatic rings. The minimum absolute atomic E-state index is 0.274. The first kappa shape index (κ1) is 13.8. The molecule has 98 valence electrons. The van der Waals surface area contributed by atoms with E-state index >= 15 is 0 Å². The van der Waals surface area contributed by atoms with Crippen LogP contribution in [0.3, 0.4) is 0 Å². The van der Waals surface area contributed by atoms with Gasteiger partial charge in [0, 0.05) is 15.5 Å². The fraction of sp³-hybridized carbons (Fsp3) is 0.462. The van der Waals surface area contributed by atoms with Gasteiger partial charge in [-0.25, -0.2) is 4.79 Å². The molecule has 0 aliphatic heterocycles. The highest BCUT2D eigenvalue weighted by Crippen LogP contribution is 2.30. The van der Waals surface area contributed by atoms with Crippen LogP contribution in [0.2, 0.25) is 5.02 Å². The van der Waals surface area contributed by atoms with Gasteiger partial charge >= 0.3 is 5.97 Å². The number of carbonyl (C=O) groups is 1. The molecule has 5 heteroatoms. The summed E-state index contributed by atoms with van der Waals surface area (Å²) in [5, 5.41) is 3.85. The highest BCUT2D eigenvalue weighted by atomic mass is 79.9. The molecule has 1 fully saturated rings. The van der Waals surface area contributed by atoms with E-state index in [2.05, 4.69) is 21.2 Å². The summed E-state index contributed by atoms with van der Waals surface area (Å²) in [5.74, 6) is -0.274. The lowest BCUT2D eigenvalue weighted by Crippen LogP contribution is -2.32. The maximum absolute atomic E-state index is 12.0. The molecular formula is C13H15BrClNO2. The molecule has 2 rings (SSSR count). The zero-order chi connectivity index (χ0) is 13.1. The predicted octanol–water partition coefficient (Wildman–Crippen LogP) is 3.46. The zero-order valence-corrected chi connectivity index (χ0v) is 12.4. The fourth-order valence-corrected chi connectivity index (χ4v) is 2.34. The second-order valence-electron chi connectivity index (χ2n) is 4.29. The number of rotatable bonds is 5. The Morgan fingerprint density at radius 3 is 2.94 bits per heavy atom. The second kappa shape index (κ2) is 6.04. The van der Waals surface area contributed by atoms with E-state index in [-0.39, 0.29) is 5.97 Å². The molecule has 1 atom stereocenters. The lowest BCUT2D eigenvalue weighted by atomic mass is 10.1. The Morgan fingerprint density at radius 1 is 1.61 bits per heavy atom. The van der Waals surface area contributed by atoms with E-state index in [0.717, 1.165) is 22.9 Å². The summed E-state index contributed by atoms with van der Waals surface area (Å²) in [7, 11) is 0. The maximum Gasteiger partial charge on any atom is 0.327 e. The second-order valence-corrected chi connectivity index (χ2v) is 5.61. The first-order chi connectivity index (χ1) is 8.61. The molecule has 0 radical (unpaired) electrons. The van der Waals surface area contributed by atoms with Crippen molar-refractivity contribution in [3.05, 3.63) is 33.3 Å². The van der Waals surface area contributed by atoms with E-state index in [1.807, 2.05) is 12.1 Å². The van der Waals surface area contributed by atoms with Crippen LogP contribution in [0, 0.1) is 0 Å². The van der Waals surface area contributed by atoms with Crippen molar-refractivity contribution >= 4 is 33.5 Å².